The standard InChI is InChI=1S/C25H27FN4O4/c1-33-16-4-11-27-24(31)22-23(34-17-28-22)20-5-2-3-6-21(20)25(32)30-14-12-29(13-15-30)19-9-7-18(26)8-10-19/h2-3,5-10,17H,4,11-16H2,1H3,(H,27,31). The number of anilines is 1. The number of oxazole rings is 1. The molecule has 1 aliphatic heterocycles. The zero-order valence-corrected chi connectivity index (χ0v) is 19.0. The quantitative estimate of drug-likeness (QED) is 0.513. The number of benzene rings is 2. The molecule has 3 aromatic rings. The molecule has 178 valence electrons. The Kier molecular flexibility index (Phi) is 7.54. The maximum absolute atomic E-state index is 13.4. The summed E-state index contributed by atoms with van der Waals surface area (Å²) in [5, 5.41) is 2.80. The van der Waals surface area contributed by atoms with Crippen LogP contribution in [0.15, 0.2) is 59.3 Å². The van der Waals surface area contributed by atoms with E-state index in [1.807, 2.05) is 0 Å². The van der Waals surface area contributed by atoms with Gasteiger partial charge in [0.1, 0.15) is 5.82 Å². The van der Waals surface area contributed by atoms with Gasteiger partial charge in [-0.1, -0.05) is 18.2 Å². The van der Waals surface area contributed by atoms with Crippen LogP contribution in [0.5, 0.6) is 0 Å². The summed E-state index contributed by atoms with van der Waals surface area (Å²) in [5.74, 6) is -0.519. The number of aromatic nitrogens is 1. The van der Waals surface area contributed by atoms with Crippen LogP contribution in [0.2, 0.25) is 0 Å². The second-order valence-corrected chi connectivity index (χ2v) is 7.93. The largest absolute Gasteiger partial charge is 0.443 e. The van der Waals surface area contributed by atoms with Gasteiger partial charge in [0.25, 0.3) is 11.8 Å². The Morgan fingerprint density at radius 1 is 1.09 bits per heavy atom. The summed E-state index contributed by atoms with van der Waals surface area (Å²) >= 11 is 0. The van der Waals surface area contributed by atoms with E-state index >= 15 is 0 Å². The third-order valence-corrected chi connectivity index (χ3v) is 5.75. The fourth-order valence-corrected chi connectivity index (χ4v) is 3.96. The van der Waals surface area contributed by atoms with E-state index in [9.17, 15) is 14.0 Å². The zero-order valence-electron chi connectivity index (χ0n) is 19.0. The fraction of sp³-hybridized carbons (Fsp3) is 0.320. The first kappa shape index (κ1) is 23.4. The average Bonchev–Trinajstić information content (AvgIpc) is 3.37. The van der Waals surface area contributed by atoms with Gasteiger partial charge in [0, 0.05) is 57.7 Å². The molecule has 0 saturated carbocycles. The molecule has 8 nitrogen and oxygen atoms in total. The van der Waals surface area contributed by atoms with Crippen LogP contribution in [0.1, 0.15) is 27.3 Å². The first-order valence-electron chi connectivity index (χ1n) is 11.2. The highest BCUT2D eigenvalue weighted by Gasteiger charge is 2.27. The van der Waals surface area contributed by atoms with Crippen LogP contribution in [0.25, 0.3) is 11.3 Å². The third-order valence-electron chi connectivity index (χ3n) is 5.75. The second kappa shape index (κ2) is 10.9. The van der Waals surface area contributed by atoms with Gasteiger partial charge in [-0.2, -0.15) is 0 Å². The summed E-state index contributed by atoms with van der Waals surface area (Å²) in [6.07, 6.45) is 1.89. The summed E-state index contributed by atoms with van der Waals surface area (Å²) < 4.78 is 23.8. The maximum atomic E-state index is 13.4. The molecule has 9 heteroatoms. The molecule has 0 bridgehead atoms. The number of piperazine rings is 1. The van der Waals surface area contributed by atoms with E-state index in [1.54, 1.807) is 48.4 Å². The minimum atomic E-state index is -0.366. The summed E-state index contributed by atoms with van der Waals surface area (Å²) in [4.78, 5) is 34.0. The summed E-state index contributed by atoms with van der Waals surface area (Å²) in [6, 6.07) is 13.4. The SMILES string of the molecule is COCCCNC(=O)c1ncoc1-c1ccccc1C(=O)N1CCN(c2ccc(F)cc2)CC1. The topological polar surface area (TPSA) is 87.9 Å². The fourth-order valence-electron chi connectivity index (χ4n) is 3.96. The molecule has 34 heavy (non-hydrogen) atoms. The average molecular weight is 467 g/mol. The molecule has 0 unspecified atom stereocenters. The smallest absolute Gasteiger partial charge is 0.273 e. The molecule has 1 aromatic heterocycles. The van der Waals surface area contributed by atoms with Crippen LogP contribution in [-0.2, 0) is 4.74 Å². The number of rotatable bonds is 8. The van der Waals surface area contributed by atoms with Gasteiger partial charge in [-0.05, 0) is 36.8 Å². The normalized spacial score (nSPS) is 13.7. The van der Waals surface area contributed by atoms with Crippen molar-refractivity contribution < 1.29 is 23.1 Å². The monoisotopic (exact) mass is 466 g/mol. The van der Waals surface area contributed by atoms with Gasteiger partial charge < -0.3 is 24.3 Å². The molecule has 1 fully saturated rings. The van der Waals surface area contributed by atoms with Gasteiger partial charge in [-0.25, -0.2) is 9.37 Å². The molecule has 2 aromatic carbocycles. The summed E-state index contributed by atoms with van der Waals surface area (Å²) in [6.45, 7) is 3.30. The Morgan fingerprint density at radius 3 is 2.56 bits per heavy atom. The molecule has 4 rings (SSSR count). The molecule has 0 spiro atoms. The Labute approximate surface area is 197 Å². The number of nitrogens with zero attached hydrogens (tertiary/aromatic N) is 3. The van der Waals surface area contributed by atoms with E-state index in [4.69, 9.17) is 9.15 Å². The highest BCUT2D eigenvalue weighted by atomic mass is 19.1. The predicted molar refractivity (Wildman–Crippen MR) is 125 cm³/mol. The van der Waals surface area contributed by atoms with Crippen LogP contribution in [0, 0.1) is 5.82 Å². The molecule has 1 aliphatic rings. The number of ether oxygens (including phenoxy) is 1. The van der Waals surface area contributed by atoms with E-state index in [-0.39, 0.29) is 29.1 Å². The Hall–Kier alpha value is -3.72. The number of carbonyl (C=O) groups is 2. The van der Waals surface area contributed by atoms with Crippen molar-refractivity contribution in [3.63, 3.8) is 0 Å². The van der Waals surface area contributed by atoms with Gasteiger partial charge in [-0.3, -0.25) is 9.59 Å². The van der Waals surface area contributed by atoms with Crippen molar-refractivity contribution in [1.82, 2.24) is 15.2 Å². The first-order chi connectivity index (χ1) is 16.6. The highest BCUT2D eigenvalue weighted by molar-refractivity contribution is 6.04. The molecule has 1 N–H and O–H groups in total. The van der Waals surface area contributed by atoms with Crippen molar-refractivity contribution in [1.29, 1.82) is 0 Å². The van der Waals surface area contributed by atoms with E-state index in [2.05, 4.69) is 15.2 Å². The molecule has 2 heterocycles. The Balaban J connectivity index is 1.47. The van der Waals surface area contributed by atoms with Crippen molar-refractivity contribution in [3.05, 3.63) is 72.0 Å². The molecule has 1 saturated heterocycles. The van der Waals surface area contributed by atoms with E-state index in [1.165, 1.54) is 18.5 Å². The molecule has 2 amide bonds. The number of nitrogens with one attached hydrogen (secondary N) is 1. The number of methoxy groups -OCH3 is 1. The maximum Gasteiger partial charge on any atom is 0.273 e. The molecular weight excluding hydrogens is 439 g/mol. The number of amides is 2. The Bertz CT molecular complexity index is 1120. The lowest BCUT2D eigenvalue weighted by Crippen LogP contribution is -2.48. The van der Waals surface area contributed by atoms with E-state index in [0.29, 0.717) is 56.9 Å². The predicted octanol–water partition coefficient (Wildman–Crippen LogP) is 3.21. The van der Waals surface area contributed by atoms with Crippen LogP contribution in [0.4, 0.5) is 10.1 Å². The number of hydrogen-bond acceptors (Lipinski definition) is 6. The van der Waals surface area contributed by atoms with Crippen LogP contribution < -0.4 is 10.2 Å². The van der Waals surface area contributed by atoms with Crippen LogP contribution in [0.3, 0.4) is 0 Å². The van der Waals surface area contributed by atoms with Crippen LogP contribution in [-0.4, -0.2) is 68.1 Å². The van der Waals surface area contributed by atoms with Crippen molar-refractivity contribution in [2.75, 3.05) is 51.3 Å². The summed E-state index contributed by atoms with van der Waals surface area (Å²) in [7, 11) is 1.61. The number of hydrogen-bond donors (Lipinski definition) is 1. The van der Waals surface area contributed by atoms with Crippen LogP contribution >= 0.6 is 0 Å². The Morgan fingerprint density at radius 2 is 1.82 bits per heavy atom. The highest BCUT2D eigenvalue weighted by Crippen LogP contribution is 2.28. The van der Waals surface area contributed by atoms with Gasteiger partial charge in [0.2, 0.25) is 0 Å². The van der Waals surface area contributed by atoms with E-state index < -0.39 is 0 Å². The van der Waals surface area contributed by atoms with Gasteiger partial charge >= 0.3 is 0 Å². The summed E-state index contributed by atoms with van der Waals surface area (Å²) in [5.41, 5.74) is 2.03. The lowest BCUT2D eigenvalue weighted by Gasteiger charge is -2.36. The number of halogens is 1. The number of carbonyl (C=O) groups excluding carboxylic acids is 2. The first-order valence-corrected chi connectivity index (χ1v) is 11.2. The van der Waals surface area contributed by atoms with Gasteiger partial charge in [0.05, 0.1) is 5.56 Å². The van der Waals surface area contributed by atoms with Gasteiger partial charge in [-0.15, -0.1) is 0 Å². The minimum absolute atomic E-state index is 0.138. The van der Waals surface area contributed by atoms with Crippen molar-refractivity contribution in [2.24, 2.45) is 0 Å². The molecule has 0 radical (unpaired) electrons. The minimum Gasteiger partial charge on any atom is -0.443 e. The lowest BCUT2D eigenvalue weighted by molar-refractivity contribution is 0.0747. The third kappa shape index (κ3) is 5.26. The molecule has 0 aliphatic carbocycles. The van der Waals surface area contributed by atoms with E-state index in [0.717, 1.165) is 5.69 Å². The lowest BCUT2D eigenvalue weighted by atomic mass is 10.0. The molecular formula is C25H27FN4O4. The van der Waals surface area contributed by atoms with Gasteiger partial charge in [0.15, 0.2) is 17.8 Å². The zero-order chi connectivity index (χ0) is 23.9. The van der Waals surface area contributed by atoms with Crippen molar-refractivity contribution >= 4 is 17.5 Å². The molecule has 0 atom stereocenters. The van der Waals surface area contributed by atoms with Crippen molar-refractivity contribution in [3.8, 4) is 11.3 Å². The second-order valence-electron chi connectivity index (χ2n) is 7.93. The van der Waals surface area contributed by atoms with Crippen molar-refractivity contribution in [2.45, 2.75) is 6.42 Å².